The van der Waals surface area contributed by atoms with Crippen molar-refractivity contribution in [2.45, 2.75) is 13.3 Å². The molecule has 3 rings (SSSR count). The molecule has 0 unspecified atom stereocenters. The summed E-state index contributed by atoms with van der Waals surface area (Å²) in [7, 11) is 0. The van der Waals surface area contributed by atoms with Gasteiger partial charge in [0.1, 0.15) is 5.75 Å². The van der Waals surface area contributed by atoms with Gasteiger partial charge in [-0.1, -0.05) is 23.7 Å². The van der Waals surface area contributed by atoms with Crippen LogP contribution < -0.4 is 4.74 Å². The van der Waals surface area contributed by atoms with Gasteiger partial charge in [0.05, 0.1) is 0 Å². The molecule has 0 saturated heterocycles. The number of carbonyl (C=O) groups excluding carboxylic acids is 1. The summed E-state index contributed by atoms with van der Waals surface area (Å²) < 4.78 is 5.09. The third-order valence-corrected chi connectivity index (χ3v) is 3.47. The highest BCUT2D eigenvalue weighted by Gasteiger charge is 2.05. The molecule has 2 aromatic carbocycles. The SMILES string of the molecule is CC(=O)Oc1ccc2cc(Cc3ccc(Cl)cc3)[nH]c2c1. The standard InChI is InChI=1S/C17H14ClNO2/c1-11(20)21-16-7-4-13-9-15(19-17(13)10-16)8-12-2-5-14(18)6-3-12/h2-7,9-10,19H,8H2,1H3. The number of hydrogen-bond donors (Lipinski definition) is 1. The Hall–Kier alpha value is -2.26. The fourth-order valence-corrected chi connectivity index (χ4v) is 2.44. The summed E-state index contributed by atoms with van der Waals surface area (Å²) in [6.07, 6.45) is 0.800. The summed E-state index contributed by atoms with van der Waals surface area (Å²) in [6.45, 7) is 1.39. The minimum Gasteiger partial charge on any atom is -0.427 e. The van der Waals surface area contributed by atoms with Gasteiger partial charge >= 0.3 is 5.97 Å². The van der Waals surface area contributed by atoms with Crippen LogP contribution in [0, 0.1) is 0 Å². The second-order valence-corrected chi connectivity index (χ2v) is 5.38. The Kier molecular flexibility index (Phi) is 3.67. The third kappa shape index (κ3) is 3.26. The van der Waals surface area contributed by atoms with Crippen LogP contribution in [0.3, 0.4) is 0 Å². The number of halogens is 1. The van der Waals surface area contributed by atoms with Crippen molar-refractivity contribution < 1.29 is 9.53 Å². The lowest BCUT2D eigenvalue weighted by Crippen LogP contribution is -2.00. The summed E-state index contributed by atoms with van der Waals surface area (Å²) in [6, 6.07) is 15.5. The largest absolute Gasteiger partial charge is 0.427 e. The summed E-state index contributed by atoms with van der Waals surface area (Å²) in [5, 5.41) is 1.83. The van der Waals surface area contributed by atoms with Crippen molar-refractivity contribution >= 4 is 28.5 Å². The van der Waals surface area contributed by atoms with Gasteiger partial charge in [0.2, 0.25) is 0 Å². The number of fused-ring (bicyclic) bond motifs is 1. The van der Waals surface area contributed by atoms with Crippen molar-refractivity contribution in [3.05, 3.63) is 64.8 Å². The van der Waals surface area contributed by atoms with E-state index in [0.717, 1.165) is 28.0 Å². The van der Waals surface area contributed by atoms with Crippen molar-refractivity contribution in [1.82, 2.24) is 4.98 Å². The Labute approximate surface area is 127 Å². The van der Waals surface area contributed by atoms with Crippen molar-refractivity contribution in [3.8, 4) is 5.75 Å². The maximum absolute atomic E-state index is 11.0. The van der Waals surface area contributed by atoms with Crippen molar-refractivity contribution in [3.63, 3.8) is 0 Å². The second kappa shape index (κ2) is 5.62. The lowest BCUT2D eigenvalue weighted by molar-refractivity contribution is -0.131. The van der Waals surface area contributed by atoms with Crippen LogP contribution in [0.25, 0.3) is 10.9 Å². The molecule has 1 aromatic heterocycles. The van der Waals surface area contributed by atoms with E-state index in [1.807, 2.05) is 36.4 Å². The molecule has 3 nitrogen and oxygen atoms in total. The summed E-state index contributed by atoms with van der Waals surface area (Å²) in [5.74, 6) is 0.234. The van der Waals surface area contributed by atoms with Gasteiger partial charge in [-0.2, -0.15) is 0 Å². The highest BCUT2D eigenvalue weighted by atomic mass is 35.5. The molecule has 0 aliphatic heterocycles. The minimum absolute atomic E-state index is 0.317. The van der Waals surface area contributed by atoms with E-state index in [1.165, 1.54) is 12.5 Å². The lowest BCUT2D eigenvalue weighted by atomic mass is 10.1. The number of nitrogens with one attached hydrogen (secondary N) is 1. The molecule has 4 heteroatoms. The number of aromatic nitrogens is 1. The van der Waals surface area contributed by atoms with E-state index in [0.29, 0.717) is 5.75 Å². The molecule has 0 spiro atoms. The Morgan fingerprint density at radius 3 is 2.62 bits per heavy atom. The predicted octanol–water partition coefficient (Wildman–Crippen LogP) is 4.34. The number of H-pyrrole nitrogens is 1. The van der Waals surface area contributed by atoms with E-state index < -0.39 is 0 Å². The van der Waals surface area contributed by atoms with Gasteiger partial charge in [0, 0.05) is 35.6 Å². The van der Waals surface area contributed by atoms with E-state index >= 15 is 0 Å². The smallest absolute Gasteiger partial charge is 0.308 e. The Morgan fingerprint density at radius 2 is 1.90 bits per heavy atom. The molecular formula is C17H14ClNO2. The molecule has 0 fully saturated rings. The van der Waals surface area contributed by atoms with E-state index in [1.54, 1.807) is 6.07 Å². The minimum atomic E-state index is -0.317. The fourth-order valence-electron chi connectivity index (χ4n) is 2.31. The zero-order valence-corrected chi connectivity index (χ0v) is 12.3. The van der Waals surface area contributed by atoms with Crippen LogP contribution in [0.15, 0.2) is 48.5 Å². The van der Waals surface area contributed by atoms with Crippen LogP contribution in [0.2, 0.25) is 5.02 Å². The van der Waals surface area contributed by atoms with Gasteiger partial charge in [0.25, 0.3) is 0 Å². The first-order valence-corrected chi connectivity index (χ1v) is 7.02. The number of aromatic amines is 1. The van der Waals surface area contributed by atoms with Gasteiger partial charge in [-0.05, 0) is 41.3 Å². The Balaban J connectivity index is 1.86. The van der Waals surface area contributed by atoms with Crippen LogP contribution >= 0.6 is 11.6 Å². The zero-order valence-electron chi connectivity index (χ0n) is 11.5. The van der Waals surface area contributed by atoms with E-state index in [2.05, 4.69) is 11.1 Å². The first kappa shape index (κ1) is 13.7. The van der Waals surface area contributed by atoms with Gasteiger partial charge in [-0.15, -0.1) is 0 Å². The first-order valence-electron chi connectivity index (χ1n) is 6.65. The normalized spacial score (nSPS) is 10.8. The van der Waals surface area contributed by atoms with Crippen LogP contribution in [0.4, 0.5) is 0 Å². The topological polar surface area (TPSA) is 42.1 Å². The van der Waals surface area contributed by atoms with Gasteiger partial charge < -0.3 is 9.72 Å². The molecular weight excluding hydrogens is 286 g/mol. The fraction of sp³-hybridized carbons (Fsp3) is 0.118. The van der Waals surface area contributed by atoms with Crippen molar-refractivity contribution in [2.24, 2.45) is 0 Å². The Bertz CT molecular complexity index is 790. The molecule has 0 aliphatic carbocycles. The maximum atomic E-state index is 11.0. The summed E-state index contributed by atoms with van der Waals surface area (Å²) in [4.78, 5) is 14.3. The van der Waals surface area contributed by atoms with E-state index in [-0.39, 0.29) is 5.97 Å². The lowest BCUT2D eigenvalue weighted by Gasteiger charge is -2.00. The van der Waals surface area contributed by atoms with Gasteiger partial charge in [-0.25, -0.2) is 0 Å². The number of esters is 1. The Morgan fingerprint density at radius 1 is 1.14 bits per heavy atom. The monoisotopic (exact) mass is 299 g/mol. The molecule has 0 saturated carbocycles. The molecule has 3 aromatic rings. The second-order valence-electron chi connectivity index (χ2n) is 4.94. The first-order chi connectivity index (χ1) is 10.1. The molecule has 106 valence electrons. The summed E-state index contributed by atoms with van der Waals surface area (Å²) >= 11 is 5.89. The maximum Gasteiger partial charge on any atom is 0.308 e. The number of benzene rings is 2. The number of carbonyl (C=O) groups is 1. The summed E-state index contributed by atoms with van der Waals surface area (Å²) in [5.41, 5.74) is 3.25. The average molecular weight is 300 g/mol. The molecule has 1 N–H and O–H groups in total. The van der Waals surface area contributed by atoms with Crippen LogP contribution in [-0.4, -0.2) is 11.0 Å². The number of rotatable bonds is 3. The van der Waals surface area contributed by atoms with Crippen molar-refractivity contribution in [2.75, 3.05) is 0 Å². The van der Waals surface area contributed by atoms with E-state index in [9.17, 15) is 4.79 Å². The average Bonchev–Trinajstić information content (AvgIpc) is 2.82. The molecule has 0 bridgehead atoms. The molecule has 0 atom stereocenters. The van der Waals surface area contributed by atoms with Crippen LogP contribution in [0.5, 0.6) is 5.75 Å². The quantitative estimate of drug-likeness (QED) is 0.577. The molecule has 1 heterocycles. The van der Waals surface area contributed by atoms with Gasteiger partial charge in [-0.3, -0.25) is 4.79 Å². The number of hydrogen-bond acceptors (Lipinski definition) is 2. The molecule has 21 heavy (non-hydrogen) atoms. The van der Waals surface area contributed by atoms with Crippen molar-refractivity contribution in [1.29, 1.82) is 0 Å². The highest BCUT2D eigenvalue weighted by molar-refractivity contribution is 6.30. The van der Waals surface area contributed by atoms with E-state index in [4.69, 9.17) is 16.3 Å². The highest BCUT2D eigenvalue weighted by Crippen LogP contribution is 2.23. The third-order valence-electron chi connectivity index (χ3n) is 3.22. The van der Waals surface area contributed by atoms with Gasteiger partial charge in [0.15, 0.2) is 0 Å². The molecule has 0 aliphatic rings. The number of ether oxygens (including phenoxy) is 1. The molecule has 0 amide bonds. The van der Waals surface area contributed by atoms with Crippen LogP contribution in [-0.2, 0) is 11.2 Å². The zero-order chi connectivity index (χ0) is 14.8. The molecule has 0 radical (unpaired) electrons. The van der Waals surface area contributed by atoms with Crippen LogP contribution in [0.1, 0.15) is 18.2 Å². The predicted molar refractivity (Wildman–Crippen MR) is 83.9 cm³/mol.